The highest BCUT2D eigenvalue weighted by atomic mass is 16.3. The van der Waals surface area contributed by atoms with Crippen LogP contribution in [0.5, 0.6) is 0 Å². The molecule has 0 radical (unpaired) electrons. The van der Waals surface area contributed by atoms with Crippen LogP contribution in [0.1, 0.15) is 6.85 Å². The van der Waals surface area contributed by atoms with Gasteiger partial charge < -0.3 is 4.42 Å². The summed E-state index contributed by atoms with van der Waals surface area (Å²) in [5.41, 5.74) is 8.98. The molecule has 45 heavy (non-hydrogen) atoms. The topological polar surface area (TPSA) is 13.1 Å². The van der Waals surface area contributed by atoms with Gasteiger partial charge in [0.25, 0.3) is 0 Å². The van der Waals surface area contributed by atoms with E-state index in [1.54, 1.807) is 6.07 Å². The monoisotopic (exact) mass is 577 g/mol. The Labute approximate surface area is 268 Å². The quantitative estimate of drug-likeness (QED) is 0.190. The van der Waals surface area contributed by atoms with Crippen molar-refractivity contribution in [1.82, 2.24) is 0 Å². The van der Waals surface area contributed by atoms with E-state index in [-0.39, 0.29) is 29.7 Å². The fourth-order valence-corrected chi connectivity index (χ4v) is 6.69. The first-order chi connectivity index (χ1) is 24.4. The van der Waals surface area contributed by atoms with Crippen LogP contribution in [-0.2, 0) is 0 Å². The van der Waals surface area contributed by atoms with Crippen LogP contribution in [0.2, 0.25) is 0 Å². The van der Waals surface area contributed by atoms with Gasteiger partial charge in [-0.25, -0.2) is 0 Å². The van der Waals surface area contributed by atoms with Crippen molar-refractivity contribution in [1.29, 1.82) is 0 Å². The van der Waals surface area contributed by atoms with Gasteiger partial charge in [-0.1, -0.05) is 145 Å². The van der Waals surface area contributed by atoms with E-state index in [9.17, 15) is 0 Å². The van der Waals surface area contributed by atoms with Gasteiger partial charge >= 0.3 is 0 Å². The zero-order chi connectivity index (χ0) is 34.1. The molecule has 0 atom stereocenters. The van der Waals surface area contributed by atoms with Crippen LogP contribution in [0.15, 0.2) is 174 Å². The third-order valence-electron chi connectivity index (χ3n) is 8.76. The molecular formula is C44H28O. The smallest absolute Gasteiger partial charge is 0.136 e. The Morgan fingerprint density at radius 1 is 0.333 bits per heavy atom. The first-order valence-electron chi connectivity index (χ1n) is 17.5. The Bertz CT molecular complexity index is 2720. The average Bonchev–Trinajstić information content (AvgIpc) is 3.53. The van der Waals surface area contributed by atoms with Gasteiger partial charge in [-0.3, -0.25) is 0 Å². The van der Waals surface area contributed by atoms with E-state index < -0.39 is 6.04 Å². The molecule has 0 saturated heterocycles. The molecule has 210 valence electrons. The van der Waals surface area contributed by atoms with Crippen molar-refractivity contribution in [2.45, 2.75) is 0 Å². The second kappa shape index (κ2) is 10.4. The lowest BCUT2D eigenvalue weighted by Gasteiger charge is -2.18. The number of rotatable bonds is 4. The van der Waals surface area contributed by atoms with Crippen LogP contribution in [0.4, 0.5) is 0 Å². The summed E-state index contributed by atoms with van der Waals surface area (Å²) < 4.78 is 47.6. The van der Waals surface area contributed by atoms with Crippen LogP contribution < -0.4 is 0 Å². The maximum Gasteiger partial charge on any atom is 0.136 e. The standard InChI is InChI=1S/C44H28O/c1-3-11-29(12-4-1)31-19-21-32(22-20-31)43-36-15-7-9-17-38(36)44(39-18-10-8-16-37(39)43)34-23-25-35-40-27-33(30-13-5-2-6-14-30)24-26-41(40)45-42(35)28-34/h1-28H/i2D,5D,6D,13D,14D. The number of fused-ring (bicyclic) bond motifs is 5. The van der Waals surface area contributed by atoms with Crippen molar-refractivity contribution in [3.8, 4) is 44.5 Å². The first kappa shape index (κ1) is 20.9. The molecule has 8 aromatic carbocycles. The zero-order valence-electron chi connectivity index (χ0n) is 29.2. The van der Waals surface area contributed by atoms with Gasteiger partial charge in [0.1, 0.15) is 11.2 Å². The van der Waals surface area contributed by atoms with Crippen molar-refractivity contribution in [2.75, 3.05) is 0 Å². The zero-order valence-corrected chi connectivity index (χ0v) is 24.2. The van der Waals surface area contributed by atoms with Crippen LogP contribution in [0, 0.1) is 0 Å². The molecule has 1 nitrogen and oxygen atoms in total. The maximum atomic E-state index is 8.48. The molecule has 0 unspecified atom stereocenters. The third-order valence-corrected chi connectivity index (χ3v) is 8.76. The third kappa shape index (κ3) is 4.24. The summed E-state index contributed by atoms with van der Waals surface area (Å²) in [6.45, 7) is 0. The molecule has 0 saturated carbocycles. The van der Waals surface area contributed by atoms with E-state index in [4.69, 9.17) is 11.3 Å². The highest BCUT2D eigenvalue weighted by Gasteiger charge is 2.18. The van der Waals surface area contributed by atoms with Crippen LogP contribution >= 0.6 is 0 Å². The Morgan fingerprint density at radius 2 is 0.867 bits per heavy atom. The highest BCUT2D eigenvalue weighted by molar-refractivity contribution is 6.22. The van der Waals surface area contributed by atoms with Crippen molar-refractivity contribution >= 4 is 43.5 Å². The molecule has 0 aliphatic carbocycles. The SMILES string of the molecule is [2H]c1c([2H])c([2H])c(-c2ccc3oc4cc(-c5c6ccccc6c(-c6ccc(-c7ccccc7)cc6)c6ccccc56)ccc4c3c2)c([2H])c1[2H]. The Morgan fingerprint density at radius 3 is 1.53 bits per heavy atom. The van der Waals surface area contributed by atoms with E-state index in [0.29, 0.717) is 16.7 Å². The Balaban J connectivity index is 1.22. The first-order valence-corrected chi connectivity index (χ1v) is 15.0. The van der Waals surface area contributed by atoms with E-state index in [0.717, 1.165) is 38.2 Å². The van der Waals surface area contributed by atoms with Gasteiger partial charge in [0.15, 0.2) is 0 Å². The van der Waals surface area contributed by atoms with Crippen molar-refractivity contribution in [2.24, 2.45) is 0 Å². The minimum absolute atomic E-state index is 0.177. The molecule has 1 aromatic heterocycles. The number of benzene rings is 8. The van der Waals surface area contributed by atoms with E-state index in [2.05, 4.69) is 115 Å². The molecule has 0 amide bonds. The predicted molar refractivity (Wildman–Crippen MR) is 190 cm³/mol. The maximum absolute atomic E-state index is 8.48. The highest BCUT2D eigenvalue weighted by Crippen LogP contribution is 2.45. The number of hydrogen-bond donors (Lipinski definition) is 0. The molecule has 0 aliphatic heterocycles. The molecule has 0 bridgehead atoms. The molecule has 1 heterocycles. The minimum Gasteiger partial charge on any atom is -0.456 e. The van der Waals surface area contributed by atoms with Crippen LogP contribution in [0.3, 0.4) is 0 Å². The molecule has 1 heteroatoms. The second-order valence-corrected chi connectivity index (χ2v) is 11.3. The fourth-order valence-electron chi connectivity index (χ4n) is 6.69. The lowest BCUT2D eigenvalue weighted by molar-refractivity contribution is 0.669. The van der Waals surface area contributed by atoms with Gasteiger partial charge in [0.05, 0.1) is 6.85 Å². The normalized spacial score (nSPS) is 13.1. The van der Waals surface area contributed by atoms with Gasteiger partial charge in [-0.2, -0.15) is 0 Å². The average molecular weight is 578 g/mol. The molecule has 0 aliphatic rings. The number of furan rings is 1. The van der Waals surface area contributed by atoms with Crippen molar-refractivity contribution in [3.63, 3.8) is 0 Å². The molecule has 0 spiro atoms. The minimum atomic E-state index is -0.403. The molecule has 0 fully saturated rings. The summed E-state index contributed by atoms with van der Waals surface area (Å²) in [7, 11) is 0. The molecule has 9 aromatic rings. The Hall–Kier alpha value is -5.92. The Kier molecular flexibility index (Phi) is 4.81. The van der Waals surface area contributed by atoms with E-state index in [1.807, 2.05) is 18.2 Å². The van der Waals surface area contributed by atoms with Crippen LogP contribution in [0.25, 0.3) is 88.0 Å². The summed E-state index contributed by atoms with van der Waals surface area (Å²) in [4.78, 5) is 0. The molecular weight excluding hydrogens is 544 g/mol. The summed E-state index contributed by atoms with van der Waals surface area (Å²) >= 11 is 0. The lowest BCUT2D eigenvalue weighted by atomic mass is 9.85. The summed E-state index contributed by atoms with van der Waals surface area (Å²) in [6, 6.07) is 46.5. The number of hydrogen-bond acceptors (Lipinski definition) is 1. The van der Waals surface area contributed by atoms with Gasteiger partial charge in [0.2, 0.25) is 0 Å². The fraction of sp³-hybridized carbons (Fsp3) is 0. The van der Waals surface area contributed by atoms with Crippen LogP contribution in [-0.4, -0.2) is 0 Å². The summed E-state index contributed by atoms with van der Waals surface area (Å²) in [5, 5.41) is 6.34. The van der Waals surface area contributed by atoms with Gasteiger partial charge in [-0.15, -0.1) is 0 Å². The largest absolute Gasteiger partial charge is 0.456 e. The predicted octanol–water partition coefficient (Wildman–Crippen LogP) is 12.6. The lowest BCUT2D eigenvalue weighted by Crippen LogP contribution is -1.91. The summed E-state index contributed by atoms with van der Waals surface area (Å²) in [6.07, 6.45) is 0. The van der Waals surface area contributed by atoms with E-state index >= 15 is 0 Å². The van der Waals surface area contributed by atoms with Crippen molar-refractivity contribution < 1.29 is 11.3 Å². The second-order valence-electron chi connectivity index (χ2n) is 11.3. The van der Waals surface area contributed by atoms with Crippen molar-refractivity contribution in [3.05, 3.63) is 170 Å². The summed E-state index contributed by atoms with van der Waals surface area (Å²) in [5.74, 6) is 0. The molecule has 0 N–H and O–H groups in total. The van der Waals surface area contributed by atoms with Gasteiger partial charge in [0, 0.05) is 10.8 Å². The molecule has 9 rings (SSSR count). The van der Waals surface area contributed by atoms with Gasteiger partial charge in [-0.05, 0) is 90.3 Å². The van der Waals surface area contributed by atoms with E-state index in [1.165, 1.54) is 27.5 Å².